The highest BCUT2D eigenvalue weighted by molar-refractivity contribution is 7.81. The van der Waals surface area contributed by atoms with Gasteiger partial charge in [0.2, 0.25) is 5.91 Å². The zero-order valence-corrected chi connectivity index (χ0v) is 10.6. The van der Waals surface area contributed by atoms with Gasteiger partial charge in [0.15, 0.2) is 0 Å². The first kappa shape index (κ1) is 12.8. The molecule has 1 unspecified atom stereocenters. The highest BCUT2D eigenvalue weighted by atomic mass is 32.1. The Balaban J connectivity index is 2.32. The normalized spacial score (nSPS) is 21.7. The van der Waals surface area contributed by atoms with Crippen LogP contribution in [0.2, 0.25) is 0 Å². The molecule has 1 amide bonds. The van der Waals surface area contributed by atoms with E-state index in [0.29, 0.717) is 0 Å². The molecule has 0 spiro atoms. The smallest absolute Gasteiger partial charge is 0.247 e. The summed E-state index contributed by atoms with van der Waals surface area (Å²) in [4.78, 5) is 13.9. The average molecular weight is 231 g/mol. The summed E-state index contributed by atoms with van der Waals surface area (Å²) in [6, 6.07) is 0. The Morgan fingerprint density at radius 3 is 2.27 bits per heavy atom. The lowest BCUT2D eigenvalue weighted by Gasteiger charge is -2.33. The molecular weight excluding hydrogens is 210 g/mol. The number of hydrogen-bond acceptors (Lipinski definition) is 4. The summed E-state index contributed by atoms with van der Waals surface area (Å²) >= 11 is 4.29. The minimum Gasteiger partial charge on any atom is -0.304 e. The van der Waals surface area contributed by atoms with Crippen molar-refractivity contribution in [3.63, 3.8) is 0 Å². The summed E-state index contributed by atoms with van der Waals surface area (Å²) in [5.74, 6) is 0.277. The second-order valence-corrected chi connectivity index (χ2v) is 5.01. The van der Waals surface area contributed by atoms with Crippen molar-refractivity contribution in [1.82, 2.24) is 15.3 Å². The van der Waals surface area contributed by atoms with Crippen molar-refractivity contribution in [1.29, 1.82) is 0 Å². The van der Waals surface area contributed by atoms with Gasteiger partial charge in [-0.2, -0.15) is 12.6 Å². The zero-order chi connectivity index (χ0) is 11.4. The third-order valence-corrected chi connectivity index (χ3v) is 3.50. The van der Waals surface area contributed by atoms with Crippen molar-refractivity contribution in [2.24, 2.45) is 5.92 Å². The maximum Gasteiger partial charge on any atom is 0.247 e. The highest BCUT2D eigenvalue weighted by Crippen LogP contribution is 2.09. The highest BCUT2D eigenvalue weighted by Gasteiger charge is 2.21. The van der Waals surface area contributed by atoms with Gasteiger partial charge in [-0.25, -0.2) is 5.01 Å². The van der Waals surface area contributed by atoms with Crippen LogP contribution in [0.5, 0.6) is 0 Å². The van der Waals surface area contributed by atoms with Crippen LogP contribution in [0.25, 0.3) is 0 Å². The van der Waals surface area contributed by atoms with E-state index >= 15 is 0 Å². The fraction of sp³-hybridized carbons (Fsp3) is 0.900. The van der Waals surface area contributed by atoms with Crippen LogP contribution < -0.4 is 5.43 Å². The molecule has 0 radical (unpaired) electrons. The Kier molecular flexibility index (Phi) is 4.89. The summed E-state index contributed by atoms with van der Waals surface area (Å²) in [6.07, 6.45) is 0. The molecule has 0 aliphatic carbocycles. The van der Waals surface area contributed by atoms with E-state index in [1.54, 1.807) is 0 Å². The number of carbonyl (C=O) groups excluding carboxylic acids is 1. The van der Waals surface area contributed by atoms with E-state index in [4.69, 9.17) is 0 Å². The monoisotopic (exact) mass is 231 g/mol. The Morgan fingerprint density at radius 2 is 1.80 bits per heavy atom. The Bertz CT molecular complexity index is 215. The number of rotatable bonds is 3. The molecule has 15 heavy (non-hydrogen) atoms. The van der Waals surface area contributed by atoms with Crippen LogP contribution in [-0.4, -0.2) is 54.3 Å². The first-order valence-electron chi connectivity index (χ1n) is 5.42. The lowest BCUT2D eigenvalue weighted by atomic mass is 10.1. The summed E-state index contributed by atoms with van der Waals surface area (Å²) in [7, 11) is 2.09. The minimum atomic E-state index is -0.218. The molecule has 0 aromatic carbocycles. The molecule has 1 heterocycles. The predicted octanol–water partition coefficient (Wildman–Crippen LogP) is 0.219. The zero-order valence-electron chi connectivity index (χ0n) is 9.73. The number of nitrogens with one attached hydrogen (secondary N) is 1. The van der Waals surface area contributed by atoms with Gasteiger partial charge in [0.1, 0.15) is 0 Å². The number of thiol groups is 1. The van der Waals surface area contributed by atoms with Gasteiger partial charge in [-0.15, -0.1) is 0 Å². The number of piperazine rings is 1. The summed E-state index contributed by atoms with van der Waals surface area (Å²) in [5, 5.41) is 1.76. The fourth-order valence-electron chi connectivity index (χ4n) is 1.44. The molecule has 1 saturated heterocycles. The number of hydrazine groups is 1. The molecule has 1 aliphatic rings. The van der Waals surface area contributed by atoms with Crippen molar-refractivity contribution >= 4 is 18.5 Å². The molecule has 0 saturated carbocycles. The molecular formula is C10H21N3OS. The van der Waals surface area contributed by atoms with Gasteiger partial charge < -0.3 is 4.90 Å². The Hall–Kier alpha value is -0.260. The molecule has 1 aliphatic heterocycles. The third kappa shape index (κ3) is 4.01. The van der Waals surface area contributed by atoms with Crippen molar-refractivity contribution in [3.8, 4) is 0 Å². The van der Waals surface area contributed by atoms with Crippen LogP contribution in [0, 0.1) is 5.92 Å². The molecule has 1 rings (SSSR count). The van der Waals surface area contributed by atoms with Crippen molar-refractivity contribution < 1.29 is 4.79 Å². The number of hydrogen-bond donors (Lipinski definition) is 2. The van der Waals surface area contributed by atoms with Crippen LogP contribution in [-0.2, 0) is 4.79 Å². The summed E-state index contributed by atoms with van der Waals surface area (Å²) in [6.45, 7) is 7.78. The molecule has 1 fully saturated rings. The second-order valence-electron chi connectivity index (χ2n) is 4.46. The molecule has 0 bridgehead atoms. The lowest BCUT2D eigenvalue weighted by Crippen LogP contribution is -2.54. The van der Waals surface area contributed by atoms with Crippen LogP contribution >= 0.6 is 12.6 Å². The average Bonchev–Trinajstić information content (AvgIpc) is 2.20. The number of amides is 1. The van der Waals surface area contributed by atoms with Gasteiger partial charge in [0.25, 0.3) is 0 Å². The largest absolute Gasteiger partial charge is 0.304 e. The summed E-state index contributed by atoms with van der Waals surface area (Å²) in [5.41, 5.74) is 2.91. The van der Waals surface area contributed by atoms with Crippen LogP contribution in [0.1, 0.15) is 13.8 Å². The maximum absolute atomic E-state index is 11.7. The van der Waals surface area contributed by atoms with Gasteiger partial charge in [-0.1, -0.05) is 13.8 Å². The SMILES string of the molecule is CC(C)C(S)C(=O)NN1CCN(C)CC1. The van der Waals surface area contributed by atoms with Crippen molar-refractivity contribution in [2.45, 2.75) is 19.1 Å². The molecule has 1 N–H and O–H groups in total. The van der Waals surface area contributed by atoms with E-state index in [1.165, 1.54) is 0 Å². The van der Waals surface area contributed by atoms with E-state index in [1.807, 2.05) is 18.9 Å². The molecule has 0 aromatic rings. The molecule has 4 nitrogen and oxygen atoms in total. The van der Waals surface area contributed by atoms with E-state index < -0.39 is 0 Å². The first-order valence-corrected chi connectivity index (χ1v) is 5.94. The third-order valence-electron chi connectivity index (χ3n) is 2.67. The van der Waals surface area contributed by atoms with E-state index in [0.717, 1.165) is 26.2 Å². The van der Waals surface area contributed by atoms with E-state index in [2.05, 4.69) is 30.0 Å². The number of likely N-dealkylation sites (N-methyl/N-ethyl adjacent to an activating group) is 1. The molecule has 1 atom stereocenters. The van der Waals surface area contributed by atoms with Gasteiger partial charge in [0, 0.05) is 26.2 Å². The van der Waals surface area contributed by atoms with Crippen molar-refractivity contribution in [2.75, 3.05) is 33.2 Å². The quantitative estimate of drug-likeness (QED) is 0.682. The lowest BCUT2D eigenvalue weighted by molar-refractivity contribution is -0.126. The number of nitrogens with zero attached hydrogens (tertiary/aromatic N) is 2. The topological polar surface area (TPSA) is 35.6 Å². The number of carbonyl (C=O) groups is 1. The van der Waals surface area contributed by atoms with Crippen LogP contribution in [0.4, 0.5) is 0 Å². The van der Waals surface area contributed by atoms with Crippen LogP contribution in [0.3, 0.4) is 0 Å². The summed E-state index contributed by atoms with van der Waals surface area (Å²) < 4.78 is 0. The fourth-order valence-corrected chi connectivity index (χ4v) is 1.50. The molecule has 5 heteroatoms. The molecule has 88 valence electrons. The predicted molar refractivity (Wildman–Crippen MR) is 64.8 cm³/mol. The van der Waals surface area contributed by atoms with Gasteiger partial charge in [-0.05, 0) is 13.0 Å². The van der Waals surface area contributed by atoms with Gasteiger partial charge in [0.05, 0.1) is 5.25 Å². The maximum atomic E-state index is 11.7. The Labute approximate surface area is 97.4 Å². The van der Waals surface area contributed by atoms with Gasteiger partial charge >= 0.3 is 0 Å². The standard InChI is InChI=1S/C10H21N3OS/c1-8(2)9(15)10(14)11-13-6-4-12(3)5-7-13/h8-9,15H,4-7H2,1-3H3,(H,11,14). The van der Waals surface area contributed by atoms with Crippen molar-refractivity contribution in [3.05, 3.63) is 0 Å². The molecule has 0 aromatic heterocycles. The van der Waals surface area contributed by atoms with Crippen LogP contribution in [0.15, 0.2) is 0 Å². The Morgan fingerprint density at radius 1 is 1.27 bits per heavy atom. The second kappa shape index (κ2) is 5.72. The van der Waals surface area contributed by atoms with E-state index in [9.17, 15) is 4.79 Å². The van der Waals surface area contributed by atoms with Gasteiger partial charge in [-0.3, -0.25) is 10.2 Å². The minimum absolute atomic E-state index is 0.0119. The van der Waals surface area contributed by atoms with E-state index in [-0.39, 0.29) is 17.1 Å². The first-order chi connectivity index (χ1) is 7.00.